The number of carbonyl (C=O) groups excluding carboxylic acids is 2. The second kappa shape index (κ2) is 59.2. The van der Waals surface area contributed by atoms with Crippen LogP contribution in [0.2, 0.25) is 0 Å². The molecule has 2 unspecified atom stereocenters. The van der Waals surface area contributed by atoms with Gasteiger partial charge in [-0.3, -0.25) is 9.59 Å². The number of hydrogen-bond donors (Lipinski definition) is 3. The lowest BCUT2D eigenvalue weighted by Gasteiger charge is -2.22. The van der Waals surface area contributed by atoms with Crippen LogP contribution >= 0.6 is 0 Å². The molecule has 0 saturated heterocycles. The number of carbonyl (C=O) groups is 2. The standard InChI is InChI=1S/C63H123NO5/c1-3-5-7-9-11-13-15-17-19-21-22-24-29-33-37-41-45-49-53-57-63(68)69-58-54-50-46-42-38-34-30-26-25-28-32-36-40-44-48-52-56-62(67)64-60(59-65)61(66)55-51-47-43-39-35-31-27-23-20-18-16-14-12-10-8-6-4-2/h17,19,60-61,65-66H,3-16,18,20-59H2,1-2H3,(H,64,67)/b19-17-. The van der Waals surface area contributed by atoms with Crippen LogP contribution in [0.25, 0.3) is 0 Å². The average Bonchev–Trinajstić information content (AvgIpc) is 3.35. The number of allylic oxidation sites excluding steroid dienone is 2. The minimum atomic E-state index is -0.669. The van der Waals surface area contributed by atoms with Gasteiger partial charge in [-0.1, -0.05) is 302 Å². The maximum absolute atomic E-state index is 12.5. The van der Waals surface area contributed by atoms with Gasteiger partial charge in [-0.15, -0.1) is 0 Å². The number of nitrogens with one attached hydrogen (secondary N) is 1. The topological polar surface area (TPSA) is 95.9 Å². The minimum Gasteiger partial charge on any atom is -0.466 e. The van der Waals surface area contributed by atoms with Crippen LogP contribution in [-0.4, -0.2) is 47.4 Å². The zero-order valence-corrected chi connectivity index (χ0v) is 46.8. The van der Waals surface area contributed by atoms with Gasteiger partial charge in [0.15, 0.2) is 0 Å². The van der Waals surface area contributed by atoms with Gasteiger partial charge >= 0.3 is 5.97 Å². The summed E-state index contributed by atoms with van der Waals surface area (Å²) >= 11 is 0. The molecule has 0 spiro atoms. The zero-order valence-electron chi connectivity index (χ0n) is 46.8. The highest BCUT2D eigenvalue weighted by Crippen LogP contribution is 2.18. The van der Waals surface area contributed by atoms with Gasteiger partial charge in [-0.05, 0) is 51.4 Å². The molecule has 1 amide bonds. The Labute approximate surface area is 431 Å². The van der Waals surface area contributed by atoms with Crippen molar-refractivity contribution in [2.24, 2.45) is 0 Å². The number of amides is 1. The molecule has 0 rings (SSSR count). The summed E-state index contributed by atoms with van der Waals surface area (Å²) in [5.74, 6) is -0.0347. The summed E-state index contributed by atoms with van der Waals surface area (Å²) in [5, 5.41) is 23.3. The third-order valence-electron chi connectivity index (χ3n) is 14.8. The number of hydrogen-bond acceptors (Lipinski definition) is 5. The van der Waals surface area contributed by atoms with Crippen LogP contribution in [-0.2, 0) is 14.3 Å². The quantitative estimate of drug-likeness (QED) is 0.0321. The monoisotopic (exact) mass is 974 g/mol. The van der Waals surface area contributed by atoms with Gasteiger partial charge in [0.1, 0.15) is 0 Å². The molecule has 0 aliphatic heterocycles. The second-order valence-electron chi connectivity index (χ2n) is 21.7. The lowest BCUT2D eigenvalue weighted by atomic mass is 10.0. The smallest absolute Gasteiger partial charge is 0.305 e. The first kappa shape index (κ1) is 67.6. The maximum atomic E-state index is 12.5. The van der Waals surface area contributed by atoms with E-state index < -0.39 is 12.1 Å². The summed E-state index contributed by atoms with van der Waals surface area (Å²) in [4.78, 5) is 24.6. The van der Waals surface area contributed by atoms with Gasteiger partial charge in [0, 0.05) is 12.8 Å². The fourth-order valence-electron chi connectivity index (χ4n) is 9.99. The Hall–Kier alpha value is -1.40. The molecule has 6 nitrogen and oxygen atoms in total. The highest BCUT2D eigenvalue weighted by atomic mass is 16.5. The van der Waals surface area contributed by atoms with E-state index in [2.05, 4.69) is 31.3 Å². The number of aliphatic hydroxyl groups excluding tert-OH is 2. The molecule has 0 radical (unpaired) electrons. The molecule has 2 atom stereocenters. The minimum absolute atomic E-state index is 0.00382. The lowest BCUT2D eigenvalue weighted by molar-refractivity contribution is -0.143. The van der Waals surface area contributed by atoms with Crippen molar-refractivity contribution in [1.82, 2.24) is 5.32 Å². The van der Waals surface area contributed by atoms with Gasteiger partial charge in [-0.2, -0.15) is 0 Å². The largest absolute Gasteiger partial charge is 0.466 e. The number of rotatable bonds is 59. The molecule has 0 aromatic carbocycles. The van der Waals surface area contributed by atoms with Crippen LogP contribution in [0.1, 0.15) is 354 Å². The maximum Gasteiger partial charge on any atom is 0.305 e. The summed E-state index contributed by atoms with van der Waals surface area (Å²) in [6.45, 7) is 4.96. The summed E-state index contributed by atoms with van der Waals surface area (Å²) in [5.41, 5.74) is 0. The molecule has 0 aliphatic carbocycles. The SMILES string of the molecule is CCCCCCCC/C=C\CCCCCCCCCCCC(=O)OCCCCCCCCCCCCCCCCCCC(=O)NC(CO)C(O)CCCCCCCCCCCCCCCCCCC. The normalized spacial score (nSPS) is 12.6. The Morgan fingerprint density at radius 3 is 1.03 bits per heavy atom. The summed E-state index contributed by atoms with van der Waals surface area (Å²) < 4.78 is 5.50. The molecule has 0 aromatic heterocycles. The Bertz CT molecular complexity index is 1030. The lowest BCUT2D eigenvalue weighted by Crippen LogP contribution is -2.45. The molecular formula is C63H123NO5. The molecule has 3 N–H and O–H groups in total. The van der Waals surface area contributed by atoms with E-state index in [9.17, 15) is 19.8 Å². The third kappa shape index (κ3) is 55.8. The van der Waals surface area contributed by atoms with E-state index in [4.69, 9.17) is 4.74 Å². The Kier molecular flexibility index (Phi) is 58.0. The fraction of sp³-hybridized carbons (Fsp3) is 0.937. The van der Waals surface area contributed by atoms with Crippen LogP contribution in [0.3, 0.4) is 0 Å². The van der Waals surface area contributed by atoms with Crippen molar-refractivity contribution in [2.75, 3.05) is 13.2 Å². The van der Waals surface area contributed by atoms with Gasteiger partial charge in [0.2, 0.25) is 5.91 Å². The van der Waals surface area contributed by atoms with Crippen molar-refractivity contribution in [2.45, 2.75) is 366 Å². The number of esters is 1. The molecule has 0 heterocycles. The molecule has 0 aliphatic rings. The molecular weight excluding hydrogens is 851 g/mol. The van der Waals surface area contributed by atoms with E-state index in [-0.39, 0.29) is 18.5 Å². The van der Waals surface area contributed by atoms with E-state index in [1.165, 1.54) is 276 Å². The van der Waals surface area contributed by atoms with Crippen molar-refractivity contribution >= 4 is 11.9 Å². The van der Waals surface area contributed by atoms with Crippen LogP contribution in [0, 0.1) is 0 Å². The van der Waals surface area contributed by atoms with Crippen LogP contribution in [0.4, 0.5) is 0 Å². The zero-order chi connectivity index (χ0) is 50.0. The summed E-state index contributed by atoms with van der Waals surface area (Å²) in [7, 11) is 0. The van der Waals surface area contributed by atoms with Crippen molar-refractivity contribution in [1.29, 1.82) is 0 Å². The Morgan fingerprint density at radius 1 is 0.391 bits per heavy atom. The molecule has 69 heavy (non-hydrogen) atoms. The first-order valence-corrected chi connectivity index (χ1v) is 31.4. The summed E-state index contributed by atoms with van der Waals surface area (Å²) in [6, 6.07) is -0.546. The van der Waals surface area contributed by atoms with Gasteiger partial charge in [0.25, 0.3) is 0 Å². The van der Waals surface area contributed by atoms with Gasteiger partial charge in [-0.25, -0.2) is 0 Å². The number of unbranched alkanes of at least 4 members (excludes halogenated alkanes) is 46. The Morgan fingerprint density at radius 2 is 0.681 bits per heavy atom. The van der Waals surface area contributed by atoms with Crippen LogP contribution in [0.15, 0.2) is 12.2 Å². The summed E-state index contributed by atoms with van der Waals surface area (Å²) in [6.07, 6.45) is 70.7. The number of aliphatic hydroxyl groups is 2. The van der Waals surface area contributed by atoms with Gasteiger partial charge < -0.3 is 20.3 Å². The predicted octanol–water partition coefficient (Wildman–Crippen LogP) is 19.6. The van der Waals surface area contributed by atoms with Crippen molar-refractivity contribution in [3.8, 4) is 0 Å². The highest BCUT2D eigenvalue weighted by Gasteiger charge is 2.20. The number of ether oxygens (including phenoxy) is 1. The molecule has 0 bridgehead atoms. The van der Waals surface area contributed by atoms with E-state index >= 15 is 0 Å². The first-order chi connectivity index (χ1) is 34.0. The van der Waals surface area contributed by atoms with Crippen LogP contribution in [0.5, 0.6) is 0 Å². The third-order valence-corrected chi connectivity index (χ3v) is 14.8. The van der Waals surface area contributed by atoms with Crippen molar-refractivity contribution in [3.05, 3.63) is 12.2 Å². The highest BCUT2D eigenvalue weighted by molar-refractivity contribution is 5.76. The molecule has 6 heteroatoms. The van der Waals surface area contributed by atoms with E-state index in [1.54, 1.807) is 0 Å². The van der Waals surface area contributed by atoms with Crippen molar-refractivity contribution < 1.29 is 24.5 Å². The van der Waals surface area contributed by atoms with Crippen LogP contribution < -0.4 is 5.32 Å². The molecule has 0 aromatic rings. The van der Waals surface area contributed by atoms with E-state index in [0.717, 1.165) is 44.9 Å². The van der Waals surface area contributed by atoms with E-state index in [0.29, 0.717) is 25.9 Å². The second-order valence-corrected chi connectivity index (χ2v) is 21.7. The molecule has 410 valence electrons. The average molecular weight is 975 g/mol. The first-order valence-electron chi connectivity index (χ1n) is 31.4. The molecule has 0 saturated carbocycles. The van der Waals surface area contributed by atoms with E-state index in [1.807, 2.05) is 0 Å². The molecule has 0 fully saturated rings. The van der Waals surface area contributed by atoms with Crippen molar-refractivity contribution in [3.63, 3.8) is 0 Å². The predicted molar refractivity (Wildman–Crippen MR) is 301 cm³/mol. The Balaban J connectivity index is 3.40. The van der Waals surface area contributed by atoms with Gasteiger partial charge in [0.05, 0.1) is 25.4 Å². The fourth-order valence-corrected chi connectivity index (χ4v) is 9.99.